The maximum Gasteiger partial charge on any atom is 0.164 e. The second kappa shape index (κ2) is 12.7. The molecule has 0 atom stereocenters. The van der Waals surface area contributed by atoms with Gasteiger partial charge in [0.05, 0.1) is 28.1 Å². The van der Waals surface area contributed by atoms with Gasteiger partial charge in [0.15, 0.2) is 17.5 Å². The van der Waals surface area contributed by atoms with E-state index in [1.165, 1.54) is 10.8 Å². The fourth-order valence-electron chi connectivity index (χ4n) is 9.51. The van der Waals surface area contributed by atoms with Crippen LogP contribution in [0.2, 0.25) is 0 Å². The number of benzene rings is 8. The number of rotatable bonds is 4. The molecule has 3 heterocycles. The minimum Gasteiger partial charge on any atom is -0.457 e. The van der Waals surface area contributed by atoms with E-state index in [1.807, 2.05) is 91.0 Å². The number of nitriles is 1. The number of aromatic nitrogens is 4. The smallest absolute Gasteiger partial charge is 0.164 e. The molecule has 12 rings (SSSR count). The van der Waals surface area contributed by atoms with Gasteiger partial charge in [-0.05, 0) is 65.2 Å². The zero-order valence-electron chi connectivity index (χ0n) is 31.5. The summed E-state index contributed by atoms with van der Waals surface area (Å²) in [6, 6.07) is 67.2. The van der Waals surface area contributed by atoms with Crippen molar-refractivity contribution in [3.05, 3.63) is 216 Å². The summed E-state index contributed by atoms with van der Waals surface area (Å²) in [4.78, 5) is 15.2. The van der Waals surface area contributed by atoms with Gasteiger partial charge in [-0.3, -0.25) is 0 Å². The Bertz CT molecular complexity index is 3230. The van der Waals surface area contributed by atoms with Gasteiger partial charge in [-0.15, -0.1) is 0 Å². The normalized spacial score (nSPS) is 13.0. The van der Waals surface area contributed by atoms with E-state index in [0.717, 1.165) is 78.3 Å². The van der Waals surface area contributed by atoms with Crippen LogP contribution in [-0.2, 0) is 5.41 Å². The maximum atomic E-state index is 11.2. The number of ether oxygens (including phenoxy) is 1. The molecular weight excluding hydrogens is 723 g/mol. The van der Waals surface area contributed by atoms with Crippen molar-refractivity contribution in [2.75, 3.05) is 0 Å². The molecule has 8 aromatic carbocycles. The molecule has 6 nitrogen and oxygen atoms in total. The standard InChI is InChI=1S/C53H31N5O/c54-32-36-29-35(52-56-50(33-15-3-1-4-16-33)55-51(57-52)34-17-5-2-6-18-34)30-44-49(36)40-31-37(58-45-23-11-7-19-38(45)39-20-8-12-24-46(39)58)27-28-41(40)53(44)42-21-9-13-25-47(42)59-48-26-14-10-22-43(48)53/h1-31H. The van der Waals surface area contributed by atoms with Crippen molar-refractivity contribution in [1.29, 1.82) is 5.26 Å². The lowest BCUT2D eigenvalue weighted by Crippen LogP contribution is -2.32. The summed E-state index contributed by atoms with van der Waals surface area (Å²) in [5.74, 6) is 3.16. The van der Waals surface area contributed by atoms with Crippen LogP contribution in [-0.4, -0.2) is 19.5 Å². The molecule has 0 radical (unpaired) electrons. The maximum absolute atomic E-state index is 11.2. The van der Waals surface area contributed by atoms with E-state index in [0.29, 0.717) is 23.0 Å². The number of fused-ring (bicyclic) bond motifs is 12. The van der Waals surface area contributed by atoms with Crippen LogP contribution in [0.3, 0.4) is 0 Å². The summed E-state index contributed by atoms with van der Waals surface area (Å²) in [6.07, 6.45) is 0. The van der Waals surface area contributed by atoms with Crippen molar-refractivity contribution in [3.8, 4) is 68.5 Å². The molecule has 1 aliphatic carbocycles. The van der Waals surface area contributed by atoms with Gasteiger partial charge in [0.2, 0.25) is 0 Å². The summed E-state index contributed by atoms with van der Waals surface area (Å²) in [6.45, 7) is 0. The number of para-hydroxylation sites is 4. The summed E-state index contributed by atoms with van der Waals surface area (Å²) >= 11 is 0. The summed E-state index contributed by atoms with van der Waals surface area (Å²) in [5, 5.41) is 13.6. The molecular formula is C53H31N5O. The zero-order valence-corrected chi connectivity index (χ0v) is 31.5. The first kappa shape index (κ1) is 33.0. The van der Waals surface area contributed by atoms with Crippen LogP contribution in [0, 0.1) is 11.3 Å². The van der Waals surface area contributed by atoms with Gasteiger partial charge in [-0.2, -0.15) is 5.26 Å². The Morgan fingerprint density at radius 2 is 0.966 bits per heavy atom. The van der Waals surface area contributed by atoms with Crippen molar-refractivity contribution in [2.45, 2.75) is 5.41 Å². The fraction of sp³-hybridized carbons (Fsp3) is 0.0189. The van der Waals surface area contributed by atoms with Gasteiger partial charge in [0, 0.05) is 49.8 Å². The number of hydrogen-bond acceptors (Lipinski definition) is 5. The van der Waals surface area contributed by atoms with Crippen molar-refractivity contribution in [2.24, 2.45) is 0 Å². The van der Waals surface area contributed by atoms with E-state index in [1.54, 1.807) is 0 Å². The Kier molecular flexibility index (Phi) is 7.11. The van der Waals surface area contributed by atoms with Crippen LogP contribution in [0.1, 0.15) is 27.8 Å². The molecule has 0 N–H and O–H groups in total. The average Bonchev–Trinajstić information content (AvgIpc) is 3.79. The Labute approximate surface area is 339 Å². The van der Waals surface area contributed by atoms with Gasteiger partial charge >= 0.3 is 0 Å². The van der Waals surface area contributed by atoms with Gasteiger partial charge < -0.3 is 9.30 Å². The first-order valence-corrected chi connectivity index (χ1v) is 19.7. The molecule has 0 fully saturated rings. The minimum atomic E-state index is -0.825. The quantitative estimate of drug-likeness (QED) is 0.179. The zero-order chi connectivity index (χ0) is 39.1. The molecule has 2 aliphatic rings. The predicted molar refractivity (Wildman–Crippen MR) is 233 cm³/mol. The second-order valence-electron chi connectivity index (χ2n) is 15.0. The molecule has 10 aromatic rings. The lowest BCUT2D eigenvalue weighted by Gasteiger charge is -2.39. The van der Waals surface area contributed by atoms with Crippen LogP contribution in [0.4, 0.5) is 0 Å². The minimum absolute atomic E-state index is 0.489. The molecule has 0 saturated carbocycles. The van der Waals surface area contributed by atoms with Crippen molar-refractivity contribution < 1.29 is 4.74 Å². The van der Waals surface area contributed by atoms with Gasteiger partial charge in [-0.25, -0.2) is 15.0 Å². The molecule has 2 aromatic heterocycles. The highest BCUT2D eigenvalue weighted by Gasteiger charge is 2.52. The number of nitrogens with zero attached hydrogens (tertiary/aromatic N) is 5. The summed E-state index contributed by atoms with van der Waals surface area (Å²) < 4.78 is 9.01. The summed E-state index contributed by atoms with van der Waals surface area (Å²) in [7, 11) is 0. The predicted octanol–water partition coefficient (Wildman–Crippen LogP) is 12.3. The Balaban J connectivity index is 1.18. The van der Waals surface area contributed by atoms with E-state index < -0.39 is 5.41 Å². The van der Waals surface area contributed by atoms with E-state index in [9.17, 15) is 5.26 Å². The Morgan fingerprint density at radius 1 is 0.458 bits per heavy atom. The lowest BCUT2D eigenvalue weighted by molar-refractivity contribution is 0.436. The molecule has 0 bridgehead atoms. The molecule has 0 unspecified atom stereocenters. The molecule has 0 amide bonds. The molecule has 6 heteroatoms. The first-order valence-electron chi connectivity index (χ1n) is 19.7. The molecule has 274 valence electrons. The highest BCUT2D eigenvalue weighted by Crippen LogP contribution is 2.63. The average molecular weight is 754 g/mol. The third-order valence-corrected chi connectivity index (χ3v) is 11.9. The molecule has 1 spiro atoms. The third kappa shape index (κ3) is 4.76. The SMILES string of the molecule is N#Cc1cc(-c2nc(-c3ccccc3)nc(-c3ccccc3)n2)cc2c1-c1cc(-n3c4ccccc4c4ccccc43)ccc1C21c2ccccc2Oc2ccccc21. The molecule has 59 heavy (non-hydrogen) atoms. The van der Waals surface area contributed by atoms with Crippen molar-refractivity contribution >= 4 is 21.8 Å². The van der Waals surface area contributed by atoms with Crippen LogP contribution in [0.5, 0.6) is 11.5 Å². The van der Waals surface area contributed by atoms with E-state index in [2.05, 4.69) is 108 Å². The highest BCUT2D eigenvalue weighted by atomic mass is 16.5. The Hall–Kier alpha value is -8.14. The first-order chi connectivity index (χ1) is 29.2. The lowest BCUT2D eigenvalue weighted by atomic mass is 9.66. The monoisotopic (exact) mass is 753 g/mol. The van der Waals surface area contributed by atoms with Crippen LogP contribution in [0.15, 0.2) is 188 Å². The summed E-state index contributed by atoms with van der Waals surface area (Å²) in [5.41, 5.74) is 11.4. The molecule has 0 saturated heterocycles. The largest absolute Gasteiger partial charge is 0.457 e. The van der Waals surface area contributed by atoms with Gasteiger partial charge in [0.1, 0.15) is 11.5 Å². The van der Waals surface area contributed by atoms with Gasteiger partial charge in [-0.1, -0.05) is 140 Å². The van der Waals surface area contributed by atoms with E-state index in [-0.39, 0.29) is 0 Å². The van der Waals surface area contributed by atoms with Crippen molar-refractivity contribution in [3.63, 3.8) is 0 Å². The van der Waals surface area contributed by atoms with Crippen LogP contribution >= 0.6 is 0 Å². The Morgan fingerprint density at radius 3 is 1.54 bits per heavy atom. The third-order valence-electron chi connectivity index (χ3n) is 11.9. The van der Waals surface area contributed by atoms with Gasteiger partial charge in [0.25, 0.3) is 0 Å². The topological polar surface area (TPSA) is 76.6 Å². The molecule has 1 aliphatic heterocycles. The fourth-order valence-corrected chi connectivity index (χ4v) is 9.51. The van der Waals surface area contributed by atoms with Crippen LogP contribution in [0.25, 0.3) is 72.8 Å². The highest BCUT2D eigenvalue weighted by molar-refractivity contribution is 6.09. The van der Waals surface area contributed by atoms with E-state index in [4.69, 9.17) is 19.7 Å². The van der Waals surface area contributed by atoms with Crippen LogP contribution < -0.4 is 4.74 Å². The van der Waals surface area contributed by atoms with E-state index >= 15 is 0 Å². The number of hydrogen-bond donors (Lipinski definition) is 0. The second-order valence-corrected chi connectivity index (χ2v) is 15.0. The van der Waals surface area contributed by atoms with Crippen molar-refractivity contribution in [1.82, 2.24) is 19.5 Å².